The average molecular weight is 375 g/mol. The molecule has 1 amide bonds. The fourth-order valence-corrected chi connectivity index (χ4v) is 5.41. The minimum Gasteiger partial charge on any atom is -0.353 e. The van der Waals surface area contributed by atoms with Gasteiger partial charge in [0.05, 0.1) is 5.39 Å². The Kier molecular flexibility index (Phi) is 5.09. The third-order valence-electron chi connectivity index (χ3n) is 5.51. The monoisotopic (exact) mass is 374 g/mol. The van der Waals surface area contributed by atoms with Gasteiger partial charge in [-0.1, -0.05) is 6.92 Å². The Labute approximate surface area is 156 Å². The zero-order valence-electron chi connectivity index (χ0n) is 15.2. The molecule has 2 aromatic rings. The molecule has 0 radical (unpaired) electrons. The van der Waals surface area contributed by atoms with E-state index in [4.69, 9.17) is 0 Å². The first-order chi connectivity index (χ1) is 12.6. The van der Waals surface area contributed by atoms with Crippen LogP contribution in [-0.2, 0) is 24.1 Å². The van der Waals surface area contributed by atoms with Crippen molar-refractivity contribution in [3.63, 3.8) is 0 Å². The minimum absolute atomic E-state index is 0.0407. The van der Waals surface area contributed by atoms with E-state index in [0.29, 0.717) is 24.6 Å². The first-order valence-electron chi connectivity index (χ1n) is 9.63. The van der Waals surface area contributed by atoms with E-state index in [1.165, 1.54) is 10.4 Å². The van der Waals surface area contributed by atoms with E-state index < -0.39 is 0 Å². The van der Waals surface area contributed by atoms with Gasteiger partial charge in [0.2, 0.25) is 5.91 Å². The maximum Gasteiger partial charge on any atom is 0.259 e. The Bertz CT molecular complexity index is 866. The van der Waals surface area contributed by atoms with Crippen molar-refractivity contribution in [2.24, 2.45) is 5.92 Å². The molecule has 140 valence electrons. The van der Waals surface area contributed by atoms with Gasteiger partial charge in [-0.05, 0) is 56.7 Å². The zero-order valence-corrected chi connectivity index (χ0v) is 16.0. The normalized spacial score (nSPS) is 20.9. The van der Waals surface area contributed by atoms with Crippen LogP contribution >= 0.6 is 11.3 Å². The summed E-state index contributed by atoms with van der Waals surface area (Å²) in [6, 6.07) is 0.268. The molecule has 3 N–H and O–H groups in total. The Morgan fingerprint density at radius 1 is 1.31 bits per heavy atom. The molecule has 0 aromatic carbocycles. The van der Waals surface area contributed by atoms with Gasteiger partial charge in [-0.3, -0.25) is 9.59 Å². The number of aryl methyl sites for hydroxylation is 2. The number of fused-ring (bicyclic) bond motifs is 3. The van der Waals surface area contributed by atoms with Crippen LogP contribution in [0.3, 0.4) is 0 Å². The van der Waals surface area contributed by atoms with E-state index in [-0.39, 0.29) is 17.5 Å². The van der Waals surface area contributed by atoms with E-state index >= 15 is 0 Å². The lowest BCUT2D eigenvalue weighted by molar-refractivity contribution is -0.121. The number of nitrogens with zero attached hydrogens (tertiary/aromatic N) is 1. The smallest absolute Gasteiger partial charge is 0.259 e. The second-order valence-electron chi connectivity index (χ2n) is 7.64. The molecular weight excluding hydrogens is 348 g/mol. The van der Waals surface area contributed by atoms with Crippen molar-refractivity contribution in [2.45, 2.75) is 57.9 Å². The van der Waals surface area contributed by atoms with E-state index in [1.54, 1.807) is 11.3 Å². The Hall–Kier alpha value is -1.73. The highest BCUT2D eigenvalue weighted by Gasteiger charge is 2.23. The lowest BCUT2D eigenvalue weighted by Crippen LogP contribution is -2.42. The highest BCUT2D eigenvalue weighted by atomic mass is 32.1. The summed E-state index contributed by atoms with van der Waals surface area (Å²) in [5.41, 5.74) is 1.16. The number of hydrogen-bond donors (Lipinski definition) is 3. The number of hydrogen-bond acceptors (Lipinski definition) is 5. The molecule has 1 aliphatic carbocycles. The summed E-state index contributed by atoms with van der Waals surface area (Å²) in [6.45, 7) is 4.17. The van der Waals surface area contributed by atoms with Crippen LogP contribution in [-0.4, -0.2) is 35.0 Å². The van der Waals surface area contributed by atoms with Crippen LogP contribution in [0.1, 0.15) is 48.9 Å². The Morgan fingerprint density at radius 2 is 2.12 bits per heavy atom. The number of aromatic nitrogens is 2. The Morgan fingerprint density at radius 3 is 2.92 bits per heavy atom. The molecule has 2 aromatic heterocycles. The van der Waals surface area contributed by atoms with Gasteiger partial charge in [0.1, 0.15) is 10.7 Å². The second kappa shape index (κ2) is 7.48. The predicted molar refractivity (Wildman–Crippen MR) is 104 cm³/mol. The number of amides is 1. The fourth-order valence-electron chi connectivity index (χ4n) is 4.01. The summed E-state index contributed by atoms with van der Waals surface area (Å²) in [6.07, 6.45) is 5.94. The summed E-state index contributed by atoms with van der Waals surface area (Å²) in [5.74, 6) is 1.33. The molecule has 6 nitrogen and oxygen atoms in total. The van der Waals surface area contributed by atoms with Crippen molar-refractivity contribution < 1.29 is 4.79 Å². The van der Waals surface area contributed by atoms with Crippen molar-refractivity contribution in [3.05, 3.63) is 26.6 Å². The molecule has 1 saturated heterocycles. The van der Waals surface area contributed by atoms with E-state index in [1.807, 2.05) is 0 Å². The van der Waals surface area contributed by atoms with Gasteiger partial charge in [-0.2, -0.15) is 0 Å². The average Bonchev–Trinajstić information content (AvgIpc) is 2.98. The van der Waals surface area contributed by atoms with E-state index in [0.717, 1.165) is 55.4 Å². The third kappa shape index (κ3) is 3.69. The summed E-state index contributed by atoms with van der Waals surface area (Å²) in [7, 11) is 0. The quantitative estimate of drug-likeness (QED) is 0.763. The summed E-state index contributed by atoms with van der Waals surface area (Å²) < 4.78 is 0. The maximum absolute atomic E-state index is 12.6. The lowest BCUT2D eigenvalue weighted by atomic mass is 9.89. The molecule has 3 heterocycles. The lowest BCUT2D eigenvalue weighted by Gasteiger charge is -2.23. The molecule has 0 bridgehead atoms. The van der Waals surface area contributed by atoms with Crippen LogP contribution in [0.25, 0.3) is 10.2 Å². The van der Waals surface area contributed by atoms with Crippen molar-refractivity contribution in [2.75, 3.05) is 13.1 Å². The SMILES string of the molecule is CC1CCc2c(sc3nc(CCC(=O)NC4CCNCC4)[nH]c(=O)c23)C1. The number of thiophene rings is 1. The number of H-pyrrole nitrogens is 1. The highest BCUT2D eigenvalue weighted by Crippen LogP contribution is 2.35. The van der Waals surface area contributed by atoms with Crippen LogP contribution in [0.15, 0.2) is 4.79 Å². The van der Waals surface area contributed by atoms with Gasteiger partial charge in [0.25, 0.3) is 5.56 Å². The van der Waals surface area contributed by atoms with Gasteiger partial charge in [-0.15, -0.1) is 11.3 Å². The molecule has 0 spiro atoms. The van der Waals surface area contributed by atoms with Crippen LogP contribution in [0, 0.1) is 5.92 Å². The summed E-state index contributed by atoms with van der Waals surface area (Å²) in [4.78, 5) is 34.5. The molecule has 1 unspecified atom stereocenters. The number of carbonyl (C=O) groups is 1. The highest BCUT2D eigenvalue weighted by molar-refractivity contribution is 7.18. The van der Waals surface area contributed by atoms with Crippen LogP contribution in [0.4, 0.5) is 0 Å². The number of carbonyl (C=O) groups excluding carboxylic acids is 1. The topological polar surface area (TPSA) is 86.9 Å². The molecule has 1 aliphatic heterocycles. The van der Waals surface area contributed by atoms with Crippen LogP contribution in [0.5, 0.6) is 0 Å². The molecule has 0 saturated carbocycles. The largest absolute Gasteiger partial charge is 0.353 e. The van der Waals surface area contributed by atoms with Crippen molar-refractivity contribution >= 4 is 27.5 Å². The standard InChI is InChI=1S/C19H26N4O2S/c1-11-2-3-13-14(10-11)26-19-17(13)18(25)22-15(23-19)4-5-16(24)21-12-6-8-20-9-7-12/h11-12,20H,2-10H2,1H3,(H,21,24)(H,22,23,25). The van der Waals surface area contributed by atoms with Gasteiger partial charge in [0, 0.05) is 23.8 Å². The number of rotatable bonds is 4. The Balaban J connectivity index is 1.45. The van der Waals surface area contributed by atoms with Crippen molar-refractivity contribution in [3.8, 4) is 0 Å². The maximum atomic E-state index is 12.6. The number of piperidine rings is 1. The van der Waals surface area contributed by atoms with Crippen molar-refractivity contribution in [1.82, 2.24) is 20.6 Å². The van der Waals surface area contributed by atoms with Gasteiger partial charge in [0.15, 0.2) is 0 Å². The number of nitrogens with one attached hydrogen (secondary N) is 3. The predicted octanol–water partition coefficient (Wildman–Crippen LogP) is 1.91. The van der Waals surface area contributed by atoms with Crippen molar-refractivity contribution in [1.29, 1.82) is 0 Å². The van der Waals surface area contributed by atoms with Gasteiger partial charge < -0.3 is 15.6 Å². The second-order valence-corrected chi connectivity index (χ2v) is 8.72. The van der Waals surface area contributed by atoms with Crippen LogP contribution in [0.2, 0.25) is 0 Å². The van der Waals surface area contributed by atoms with Gasteiger partial charge >= 0.3 is 0 Å². The molecule has 26 heavy (non-hydrogen) atoms. The molecule has 1 fully saturated rings. The molecule has 4 rings (SSSR count). The fraction of sp³-hybridized carbons (Fsp3) is 0.632. The number of aromatic amines is 1. The summed E-state index contributed by atoms with van der Waals surface area (Å²) in [5, 5.41) is 7.16. The molecule has 7 heteroatoms. The molecule has 1 atom stereocenters. The van der Waals surface area contributed by atoms with E-state index in [2.05, 4.69) is 27.5 Å². The molecular formula is C19H26N4O2S. The third-order valence-corrected chi connectivity index (χ3v) is 6.66. The zero-order chi connectivity index (χ0) is 18.1. The first-order valence-corrected chi connectivity index (χ1v) is 10.5. The first kappa shape index (κ1) is 17.7. The van der Waals surface area contributed by atoms with Gasteiger partial charge in [-0.25, -0.2) is 4.98 Å². The summed E-state index contributed by atoms with van der Waals surface area (Å²) >= 11 is 1.66. The van der Waals surface area contributed by atoms with E-state index in [9.17, 15) is 9.59 Å². The van der Waals surface area contributed by atoms with Crippen LogP contribution < -0.4 is 16.2 Å². The minimum atomic E-state index is -0.0455. The molecule has 2 aliphatic rings.